The highest BCUT2D eigenvalue weighted by atomic mass is 16.5. The second-order valence-electron chi connectivity index (χ2n) is 8.80. The average Bonchev–Trinajstić information content (AvgIpc) is 3.43. The van der Waals surface area contributed by atoms with E-state index in [1.165, 1.54) is 11.1 Å². The van der Waals surface area contributed by atoms with Crippen LogP contribution in [0.15, 0.2) is 45.9 Å². The number of nitrogens with zero attached hydrogens (tertiary/aromatic N) is 5. The van der Waals surface area contributed by atoms with Gasteiger partial charge in [0.25, 0.3) is 5.89 Å². The van der Waals surface area contributed by atoms with Crippen LogP contribution in [0, 0.1) is 11.3 Å². The van der Waals surface area contributed by atoms with Crippen LogP contribution in [0.1, 0.15) is 42.9 Å². The van der Waals surface area contributed by atoms with Gasteiger partial charge < -0.3 is 14.2 Å². The van der Waals surface area contributed by atoms with Crippen molar-refractivity contribution in [3.8, 4) is 34.7 Å². The first-order chi connectivity index (χ1) is 16.5. The molecule has 0 bridgehead atoms. The number of rotatable bonds is 7. The lowest BCUT2D eigenvalue weighted by Gasteiger charge is -2.11. The maximum absolute atomic E-state index is 11.8. The Balaban J connectivity index is 1.37. The van der Waals surface area contributed by atoms with Crippen molar-refractivity contribution < 1.29 is 14.1 Å². The van der Waals surface area contributed by atoms with Crippen molar-refractivity contribution in [1.29, 1.82) is 5.26 Å². The van der Waals surface area contributed by atoms with E-state index in [1.54, 1.807) is 17.0 Å². The van der Waals surface area contributed by atoms with Crippen LogP contribution in [-0.2, 0) is 11.2 Å². The summed E-state index contributed by atoms with van der Waals surface area (Å²) in [5.74, 6) is 1.67. The molecule has 2 aromatic carbocycles. The Morgan fingerprint density at radius 1 is 1.35 bits per heavy atom. The summed E-state index contributed by atoms with van der Waals surface area (Å²) < 4.78 is 11.2. The molecule has 1 unspecified atom stereocenters. The molecule has 172 valence electrons. The van der Waals surface area contributed by atoms with E-state index >= 15 is 0 Å². The monoisotopic (exact) mass is 455 g/mol. The SMILES string of the molecule is CC(C)Oc1ccc(-c2nc(-c3cccc4c3CCC4/C=N/CC(=O)N3CC3)no2)cc1C#N. The van der Waals surface area contributed by atoms with Gasteiger partial charge in [0.1, 0.15) is 18.4 Å². The summed E-state index contributed by atoms with van der Waals surface area (Å²) in [6.45, 7) is 5.75. The Hall–Kier alpha value is -3.99. The van der Waals surface area contributed by atoms with Crippen LogP contribution in [0.4, 0.5) is 0 Å². The summed E-state index contributed by atoms with van der Waals surface area (Å²) in [4.78, 5) is 22.7. The number of hydrogen-bond donors (Lipinski definition) is 0. The number of hydrogen-bond acceptors (Lipinski definition) is 7. The first-order valence-electron chi connectivity index (χ1n) is 11.5. The minimum Gasteiger partial charge on any atom is -0.490 e. The highest BCUT2D eigenvalue weighted by Gasteiger charge is 2.26. The van der Waals surface area contributed by atoms with Crippen LogP contribution in [0.2, 0.25) is 0 Å². The fraction of sp³-hybridized carbons (Fsp3) is 0.346. The van der Waals surface area contributed by atoms with E-state index in [-0.39, 0.29) is 24.5 Å². The molecule has 2 heterocycles. The molecular formula is C26H25N5O3. The maximum Gasteiger partial charge on any atom is 0.258 e. The minimum absolute atomic E-state index is 0.0292. The summed E-state index contributed by atoms with van der Waals surface area (Å²) in [5.41, 5.74) is 4.39. The van der Waals surface area contributed by atoms with E-state index in [9.17, 15) is 10.1 Å². The van der Waals surface area contributed by atoms with Gasteiger partial charge in [-0.25, -0.2) is 0 Å². The second-order valence-corrected chi connectivity index (χ2v) is 8.80. The molecule has 5 rings (SSSR count). The molecule has 3 aromatic rings. The zero-order chi connectivity index (χ0) is 23.7. The summed E-state index contributed by atoms with van der Waals surface area (Å²) in [7, 11) is 0. The smallest absolute Gasteiger partial charge is 0.258 e. The number of aromatic nitrogens is 2. The zero-order valence-electron chi connectivity index (χ0n) is 19.2. The average molecular weight is 456 g/mol. The Morgan fingerprint density at radius 3 is 2.97 bits per heavy atom. The zero-order valence-corrected chi connectivity index (χ0v) is 19.2. The molecule has 0 N–H and O–H groups in total. The molecule has 1 aliphatic heterocycles. The third kappa shape index (κ3) is 4.42. The number of nitriles is 1. The lowest BCUT2D eigenvalue weighted by molar-refractivity contribution is -0.124. The van der Waals surface area contributed by atoms with E-state index in [0.29, 0.717) is 28.6 Å². The van der Waals surface area contributed by atoms with Crippen LogP contribution in [0.5, 0.6) is 5.75 Å². The molecule has 1 aliphatic carbocycles. The lowest BCUT2D eigenvalue weighted by atomic mass is 9.99. The quantitative estimate of drug-likeness (QED) is 0.394. The molecule has 8 nitrogen and oxygen atoms in total. The van der Waals surface area contributed by atoms with E-state index in [2.05, 4.69) is 27.3 Å². The first-order valence-corrected chi connectivity index (χ1v) is 11.5. The molecule has 0 radical (unpaired) electrons. The highest BCUT2D eigenvalue weighted by molar-refractivity contribution is 5.83. The Labute approximate surface area is 197 Å². The fourth-order valence-corrected chi connectivity index (χ4v) is 4.27. The number of fused-ring (bicyclic) bond motifs is 1. The van der Waals surface area contributed by atoms with Gasteiger partial charge in [0.05, 0.1) is 11.7 Å². The molecule has 1 amide bonds. The van der Waals surface area contributed by atoms with Crippen LogP contribution in [0.25, 0.3) is 22.8 Å². The van der Waals surface area contributed by atoms with Crippen molar-refractivity contribution in [2.24, 2.45) is 4.99 Å². The molecule has 1 saturated heterocycles. The summed E-state index contributed by atoms with van der Waals surface area (Å²) in [6, 6.07) is 13.5. The molecule has 0 spiro atoms. The van der Waals surface area contributed by atoms with Crippen molar-refractivity contribution in [2.75, 3.05) is 19.6 Å². The lowest BCUT2D eigenvalue weighted by Crippen LogP contribution is -2.13. The molecule has 0 saturated carbocycles. The summed E-state index contributed by atoms with van der Waals surface area (Å²) in [6.07, 6.45) is 3.69. The van der Waals surface area contributed by atoms with Gasteiger partial charge in [0.2, 0.25) is 11.7 Å². The first kappa shape index (κ1) is 21.8. The van der Waals surface area contributed by atoms with Crippen LogP contribution >= 0.6 is 0 Å². The largest absolute Gasteiger partial charge is 0.490 e. The Kier molecular flexibility index (Phi) is 5.84. The van der Waals surface area contributed by atoms with Crippen LogP contribution in [-0.4, -0.2) is 52.9 Å². The predicted octanol–water partition coefficient (Wildman–Crippen LogP) is 4.01. The standard InChI is InChI=1S/C26H25N5O3/c1-16(2)33-23-9-7-17(12-19(23)13-27)26-29-25(30-34-26)22-5-3-4-20-18(6-8-21(20)22)14-28-15-24(32)31-10-11-31/h3-5,7,9,12,14,16,18H,6,8,10-11,15H2,1-2H3/b28-14+. The van der Waals surface area contributed by atoms with Gasteiger partial charge in [-0.1, -0.05) is 23.4 Å². The Morgan fingerprint density at radius 2 is 2.21 bits per heavy atom. The molecule has 1 atom stereocenters. The van der Waals surface area contributed by atoms with E-state index in [1.807, 2.05) is 38.3 Å². The van der Waals surface area contributed by atoms with Gasteiger partial charge in [-0.15, -0.1) is 0 Å². The number of aliphatic imine (C=N–C) groups is 1. The number of ether oxygens (including phenoxy) is 1. The third-order valence-corrected chi connectivity index (χ3v) is 6.01. The van der Waals surface area contributed by atoms with Gasteiger partial charge in [0.15, 0.2) is 0 Å². The molecule has 8 heteroatoms. The summed E-state index contributed by atoms with van der Waals surface area (Å²) in [5, 5.41) is 13.7. The molecular weight excluding hydrogens is 430 g/mol. The van der Waals surface area contributed by atoms with Crippen molar-refractivity contribution >= 4 is 12.1 Å². The molecule has 2 aliphatic rings. The van der Waals surface area contributed by atoms with Gasteiger partial charge in [-0.2, -0.15) is 10.2 Å². The van der Waals surface area contributed by atoms with Crippen LogP contribution in [0.3, 0.4) is 0 Å². The van der Waals surface area contributed by atoms with E-state index in [0.717, 1.165) is 31.5 Å². The van der Waals surface area contributed by atoms with E-state index < -0.39 is 0 Å². The normalized spacial score (nSPS) is 16.6. The van der Waals surface area contributed by atoms with Crippen LogP contribution < -0.4 is 4.74 Å². The third-order valence-electron chi connectivity index (χ3n) is 6.01. The number of carbonyl (C=O) groups excluding carboxylic acids is 1. The fourth-order valence-electron chi connectivity index (χ4n) is 4.27. The van der Waals surface area contributed by atoms with Crippen molar-refractivity contribution in [3.63, 3.8) is 0 Å². The van der Waals surface area contributed by atoms with Gasteiger partial charge >= 0.3 is 0 Å². The maximum atomic E-state index is 11.8. The second kappa shape index (κ2) is 9.10. The van der Waals surface area contributed by atoms with Gasteiger partial charge in [0, 0.05) is 36.3 Å². The predicted molar refractivity (Wildman–Crippen MR) is 127 cm³/mol. The molecule has 1 fully saturated rings. The topological polar surface area (TPSA) is 104 Å². The van der Waals surface area contributed by atoms with Crippen molar-refractivity contribution in [2.45, 2.75) is 38.7 Å². The van der Waals surface area contributed by atoms with Crippen molar-refractivity contribution in [1.82, 2.24) is 15.0 Å². The molecule has 1 aromatic heterocycles. The number of carbonyl (C=O) groups is 1. The van der Waals surface area contributed by atoms with Crippen molar-refractivity contribution in [3.05, 3.63) is 53.1 Å². The van der Waals surface area contributed by atoms with Gasteiger partial charge in [-0.05, 0) is 56.0 Å². The number of benzene rings is 2. The minimum atomic E-state index is -0.0292. The number of amides is 1. The van der Waals surface area contributed by atoms with E-state index in [4.69, 9.17) is 9.26 Å². The van der Waals surface area contributed by atoms with Gasteiger partial charge in [-0.3, -0.25) is 9.79 Å². The Bertz CT molecular complexity index is 1300. The highest BCUT2D eigenvalue weighted by Crippen LogP contribution is 2.38. The summed E-state index contributed by atoms with van der Waals surface area (Å²) >= 11 is 0. The molecule has 34 heavy (non-hydrogen) atoms.